The van der Waals surface area contributed by atoms with Crippen molar-refractivity contribution in [3.05, 3.63) is 32.4 Å². The summed E-state index contributed by atoms with van der Waals surface area (Å²) in [5.41, 5.74) is -1.55. The van der Waals surface area contributed by atoms with Gasteiger partial charge in [0.2, 0.25) is 0 Å². The van der Waals surface area contributed by atoms with Gasteiger partial charge in [0.25, 0.3) is 0 Å². The molecule has 0 aromatic heterocycles. The Morgan fingerprint density at radius 2 is 1.45 bits per heavy atom. The molecular formula is C45H81N2O10Y7-3. The van der Waals surface area contributed by atoms with E-state index in [-0.39, 0.29) is 278 Å². The molecule has 3 saturated heterocycles. The van der Waals surface area contributed by atoms with Gasteiger partial charge < -0.3 is 62.4 Å². The van der Waals surface area contributed by atoms with Crippen LogP contribution in [0.3, 0.4) is 0 Å². The van der Waals surface area contributed by atoms with Gasteiger partial charge in [-0.2, -0.15) is 13.8 Å². The number of ether oxygens (including phenoxy) is 6. The van der Waals surface area contributed by atoms with E-state index in [1.807, 2.05) is 55.6 Å². The molecule has 3 heterocycles. The topological polar surface area (TPSA) is 135 Å². The standard InChI is InChI=1S/C36H61N2O10.C6H12.C2H5.CH3.7Y/c1-14-28-36(10,41)32-23(6)22(5)20(3)17-35(9,44-19-26(18-43-32)37-45-15-2)31(24(7)29(39)25(8)33(40)47-28)48-34-30(42-13)27(38(11)12)16-21(4)46-34;1-2-4-6-5-3-1;1-2;;;;;;;;/h20-21,23-24,27-28,30-32,34,41H,5,14-19H2,1-4,6-13H3;1-6H2;1H2,2H3;1H3;;;;;;;/q-1;;2*-1;;;;;;;/t20-,21-,23+,24+,27+,28-,30-,31-,32-,34+,35-,36-;;;;;;;;;;/m1........../s1/i;;;1T;;;;;;;. The van der Waals surface area contributed by atoms with Crippen LogP contribution in [0.2, 0.25) is 0 Å². The Hall–Kier alpha value is 5.67. The average Bonchev–Trinajstić information content (AvgIpc) is 3.23. The van der Waals surface area contributed by atoms with Gasteiger partial charge in [0.1, 0.15) is 30.1 Å². The van der Waals surface area contributed by atoms with Crippen LogP contribution in [0, 0.1) is 38.0 Å². The third-order valence-corrected chi connectivity index (χ3v) is 12.0. The van der Waals surface area contributed by atoms with E-state index in [1.165, 1.54) is 45.4 Å². The van der Waals surface area contributed by atoms with Crippen molar-refractivity contribution in [2.24, 2.45) is 22.9 Å². The Bertz CT molecular complexity index is 1270. The molecule has 355 valence electrons. The van der Waals surface area contributed by atoms with E-state index in [1.54, 1.807) is 27.9 Å². The summed E-state index contributed by atoms with van der Waals surface area (Å²) in [7, 11) is 8.10. The second-order valence-corrected chi connectivity index (χ2v) is 16.6. The van der Waals surface area contributed by atoms with Gasteiger partial charge in [-0.1, -0.05) is 83.5 Å². The molecule has 12 nitrogen and oxygen atoms in total. The van der Waals surface area contributed by atoms with Crippen LogP contribution in [-0.2, 0) is 272 Å². The number of hydrogen-bond donors (Lipinski definition) is 1. The fourth-order valence-corrected chi connectivity index (χ4v) is 8.64. The minimum atomic E-state index is -1.65. The van der Waals surface area contributed by atoms with E-state index < -0.39 is 59.6 Å². The molecule has 1 saturated carbocycles. The number of likely N-dealkylation sites (N-methyl/N-ethyl adjacent to an activating group) is 1. The van der Waals surface area contributed by atoms with Crippen molar-refractivity contribution >= 4 is 17.5 Å². The van der Waals surface area contributed by atoms with Crippen LogP contribution >= 0.6 is 0 Å². The van der Waals surface area contributed by atoms with Gasteiger partial charge in [-0.05, 0) is 67.0 Å². The van der Waals surface area contributed by atoms with Gasteiger partial charge in [0.15, 0.2) is 12.3 Å². The number of nitrogens with zero attached hydrogens (tertiary/aromatic N) is 2. The number of ketones is 1. The molecule has 7 radical (unpaired) electrons. The quantitative estimate of drug-likeness (QED) is 0.116. The van der Waals surface area contributed by atoms with Crippen molar-refractivity contribution in [2.45, 2.75) is 181 Å². The van der Waals surface area contributed by atoms with Crippen LogP contribution in [0.5, 0.6) is 0 Å². The number of aliphatic hydroxyl groups is 1. The molecule has 0 aromatic carbocycles. The Kier molecular flexibility index (Phi) is 54.2. The van der Waals surface area contributed by atoms with Gasteiger partial charge in [0, 0.05) is 260 Å². The molecule has 1 N–H and O–H groups in total. The maximum absolute atomic E-state index is 14.3. The fraction of sp³-hybridized carbons (Fsp3) is 0.822. The van der Waals surface area contributed by atoms with Crippen LogP contribution < -0.4 is 0 Å². The van der Waals surface area contributed by atoms with Crippen LogP contribution in [0.4, 0.5) is 0 Å². The molecule has 0 aromatic rings. The molecule has 1 aliphatic carbocycles. The smallest absolute Gasteiger partial charge is 0.186 e. The summed E-state index contributed by atoms with van der Waals surface area (Å²) in [5.74, 6) is -2.82. The van der Waals surface area contributed by atoms with Crippen molar-refractivity contribution in [1.82, 2.24) is 4.90 Å². The molecule has 0 spiro atoms. The number of hydrogen-bond acceptors (Lipinski definition) is 12. The normalized spacial score (nSPS) is 33.8. The summed E-state index contributed by atoms with van der Waals surface area (Å²) in [5, 5.41) is 16.4. The predicted molar refractivity (Wildman–Crippen MR) is 226 cm³/mol. The molecule has 4 aliphatic rings. The van der Waals surface area contributed by atoms with Crippen LogP contribution in [0.1, 0.15) is 128 Å². The van der Waals surface area contributed by atoms with E-state index in [0.29, 0.717) is 18.7 Å². The first kappa shape index (κ1) is 81.0. The average molecular weight is 1430 g/mol. The maximum atomic E-state index is 14.3. The number of carbonyl (C=O) groups excluding carboxylic acids is 2. The van der Waals surface area contributed by atoms with Gasteiger partial charge in [-0.3, -0.25) is 4.79 Å². The summed E-state index contributed by atoms with van der Waals surface area (Å²) in [6, 6.07) is -0.0184. The van der Waals surface area contributed by atoms with Crippen molar-refractivity contribution in [1.29, 1.82) is 0 Å². The Morgan fingerprint density at radius 1 is 0.938 bits per heavy atom. The zero-order chi connectivity index (χ0) is 44.4. The van der Waals surface area contributed by atoms with Crippen molar-refractivity contribution in [3.8, 4) is 0 Å². The molecule has 12 atom stereocenters. The number of rotatable bonds is 7. The molecule has 64 heavy (non-hydrogen) atoms. The van der Waals surface area contributed by atoms with Gasteiger partial charge in [0.05, 0.1) is 37.1 Å². The van der Waals surface area contributed by atoms with Crippen molar-refractivity contribution < 1.29 is 278 Å². The number of cyclic esters (lactones) is 1. The number of methoxy groups -OCH3 is 1. The fourth-order valence-electron chi connectivity index (χ4n) is 8.64. The minimum Gasteiger partial charge on any atom is -0.481 e. The minimum absolute atomic E-state index is 0. The zero-order valence-electron chi connectivity index (χ0n) is 42.9. The molecule has 4 rings (SSSR count). The summed E-state index contributed by atoms with van der Waals surface area (Å²) in [4.78, 5) is 35.4. The monoisotopic (exact) mass is 1430 g/mol. The molecular weight excluding hydrogens is 1350 g/mol. The van der Waals surface area contributed by atoms with Crippen LogP contribution in [0.25, 0.3) is 0 Å². The third-order valence-electron chi connectivity index (χ3n) is 12.0. The van der Waals surface area contributed by atoms with Crippen LogP contribution in [0.15, 0.2) is 17.3 Å². The first-order chi connectivity index (χ1) is 27.4. The zero-order valence-corrected chi connectivity index (χ0v) is 61.8. The number of Topliss-reactive ketones (excluding diaryl/α,β-unsaturated/α-hetero) is 1. The molecule has 0 unspecified atom stereocenters. The van der Waals surface area contributed by atoms with E-state index in [9.17, 15) is 14.7 Å². The first-order valence-electron chi connectivity index (χ1n) is 21.8. The maximum Gasteiger partial charge on any atom is 0.186 e. The molecule has 2 bridgehead atoms. The summed E-state index contributed by atoms with van der Waals surface area (Å²) in [6.07, 6.45) is 6.14. The molecule has 0 amide bonds. The summed E-state index contributed by atoms with van der Waals surface area (Å²) < 4.78 is 43.9. The second-order valence-electron chi connectivity index (χ2n) is 16.6. The Morgan fingerprint density at radius 3 is 1.91 bits per heavy atom. The first-order valence-corrected chi connectivity index (χ1v) is 21.1. The third kappa shape index (κ3) is 25.0. The Balaban J connectivity index is -0.000000357. The largest absolute Gasteiger partial charge is 0.481 e. The second kappa shape index (κ2) is 42.8. The SMILES string of the molecule is C1CCCCC1.C=C1[C@H](C)C[C@@]2(C)OCC(=NOCC)CO[C@H]([C@H]1C)[C@](C)(O)[C@@H](CC)OC(=O)[C-](C)C(=O)[C@H](C)[C@H]2O[C@@H]1O[C@H](C)C[C@H](N(C)C)[C@H]1OC.[3H][CH2-].[CH2-]C.[Y].[Y].[Y].[Y].[Y].[Y].[Y]. The Labute approximate surface area is 568 Å². The van der Waals surface area contributed by atoms with E-state index in [4.69, 9.17) is 34.6 Å². The van der Waals surface area contributed by atoms with Crippen molar-refractivity contribution in [3.63, 3.8) is 0 Å². The number of oxime groups is 1. The van der Waals surface area contributed by atoms with E-state index in [0.717, 1.165) is 12.0 Å². The van der Waals surface area contributed by atoms with Gasteiger partial charge in [-0.25, -0.2) is 7.29 Å². The van der Waals surface area contributed by atoms with Crippen molar-refractivity contribution in [2.75, 3.05) is 41.0 Å². The molecule has 4 fully saturated rings. The van der Waals surface area contributed by atoms with Crippen LogP contribution in [-0.4, -0.2) is 123 Å². The predicted octanol–water partition coefficient (Wildman–Crippen LogP) is 7.74. The molecule has 3 aliphatic heterocycles. The summed E-state index contributed by atoms with van der Waals surface area (Å²) >= 11 is 0. The van der Waals surface area contributed by atoms with E-state index >= 15 is 0 Å². The number of carbonyl (C=O) groups is 2. The molecule has 19 heteroatoms. The van der Waals surface area contributed by atoms with E-state index in [2.05, 4.69) is 31.0 Å². The summed E-state index contributed by atoms with van der Waals surface area (Å²) in [6.45, 7) is 26.1. The van der Waals surface area contributed by atoms with Gasteiger partial charge in [-0.15, -0.1) is 0 Å². The number of fused-ring (bicyclic) bond motifs is 5. The van der Waals surface area contributed by atoms with Gasteiger partial charge >= 0.3 is 0 Å². The number of esters is 1.